The molecule has 2 aliphatic rings. The van der Waals surface area contributed by atoms with Gasteiger partial charge in [-0.05, 0) is 38.0 Å². The first kappa shape index (κ1) is 16.3. The van der Waals surface area contributed by atoms with Gasteiger partial charge in [0.1, 0.15) is 0 Å². The normalized spacial score (nSPS) is 24.0. The lowest BCUT2D eigenvalue weighted by Crippen LogP contribution is -2.49. The minimum absolute atomic E-state index is 0.0482. The van der Waals surface area contributed by atoms with Crippen LogP contribution < -0.4 is 11.1 Å². The largest absolute Gasteiger partial charge is 0.352 e. The third kappa shape index (κ3) is 4.70. The van der Waals surface area contributed by atoms with Crippen molar-refractivity contribution in [3.8, 4) is 0 Å². The Hall–Kier alpha value is -1.10. The Labute approximate surface area is 127 Å². The van der Waals surface area contributed by atoms with Gasteiger partial charge in [-0.2, -0.15) is 0 Å². The second-order valence-corrected chi connectivity index (χ2v) is 6.97. The van der Waals surface area contributed by atoms with Crippen LogP contribution >= 0.6 is 0 Å². The van der Waals surface area contributed by atoms with Gasteiger partial charge in [0.2, 0.25) is 11.8 Å². The number of hydrogen-bond acceptors (Lipinski definition) is 3. The van der Waals surface area contributed by atoms with Crippen LogP contribution in [-0.4, -0.2) is 42.4 Å². The highest BCUT2D eigenvalue weighted by molar-refractivity contribution is 5.83. The Bertz CT molecular complexity index is 380. The van der Waals surface area contributed by atoms with Gasteiger partial charge < -0.3 is 16.0 Å². The van der Waals surface area contributed by atoms with Gasteiger partial charge in [-0.15, -0.1) is 0 Å². The highest BCUT2D eigenvalue weighted by Crippen LogP contribution is 2.32. The quantitative estimate of drug-likeness (QED) is 0.771. The fourth-order valence-electron chi connectivity index (χ4n) is 3.08. The molecule has 2 rings (SSSR count). The van der Waals surface area contributed by atoms with E-state index in [4.69, 9.17) is 5.73 Å². The van der Waals surface area contributed by atoms with Crippen molar-refractivity contribution in [3.63, 3.8) is 0 Å². The van der Waals surface area contributed by atoms with Crippen molar-refractivity contribution in [2.24, 2.45) is 23.5 Å². The Balaban J connectivity index is 1.84. The third-order valence-electron chi connectivity index (χ3n) is 4.42. The van der Waals surface area contributed by atoms with Gasteiger partial charge in [0.25, 0.3) is 0 Å². The van der Waals surface area contributed by atoms with Crippen LogP contribution in [0.3, 0.4) is 0 Å². The number of likely N-dealkylation sites (tertiary alicyclic amines) is 1. The van der Waals surface area contributed by atoms with E-state index in [0.717, 1.165) is 38.6 Å². The van der Waals surface area contributed by atoms with Crippen LogP contribution in [0.2, 0.25) is 0 Å². The van der Waals surface area contributed by atoms with E-state index in [9.17, 15) is 9.59 Å². The molecule has 0 aromatic rings. The van der Waals surface area contributed by atoms with Gasteiger partial charge in [-0.25, -0.2) is 0 Å². The van der Waals surface area contributed by atoms with Gasteiger partial charge in [0, 0.05) is 31.6 Å². The highest BCUT2D eigenvalue weighted by Gasteiger charge is 2.36. The average Bonchev–Trinajstić information content (AvgIpc) is 3.30. The smallest absolute Gasteiger partial charge is 0.225 e. The van der Waals surface area contributed by atoms with E-state index in [1.54, 1.807) is 0 Å². The number of piperidine rings is 1. The van der Waals surface area contributed by atoms with Crippen LogP contribution in [0.4, 0.5) is 0 Å². The Kier molecular flexibility index (Phi) is 5.62. The van der Waals surface area contributed by atoms with Crippen molar-refractivity contribution in [1.29, 1.82) is 0 Å². The van der Waals surface area contributed by atoms with E-state index < -0.39 is 0 Å². The third-order valence-corrected chi connectivity index (χ3v) is 4.42. The summed E-state index contributed by atoms with van der Waals surface area (Å²) in [6.07, 6.45) is 4.75. The van der Waals surface area contributed by atoms with Crippen LogP contribution in [0.1, 0.15) is 46.0 Å². The predicted molar refractivity (Wildman–Crippen MR) is 82.5 cm³/mol. The number of hydrogen-bond donors (Lipinski definition) is 2. The molecule has 2 amide bonds. The number of amides is 2. The van der Waals surface area contributed by atoms with E-state index >= 15 is 0 Å². The summed E-state index contributed by atoms with van der Waals surface area (Å²) in [5.74, 6) is 1.01. The maximum absolute atomic E-state index is 12.4. The fourth-order valence-corrected chi connectivity index (χ4v) is 3.08. The number of carbonyl (C=O) groups is 2. The van der Waals surface area contributed by atoms with Crippen molar-refractivity contribution in [2.45, 2.75) is 52.0 Å². The standard InChI is InChI=1S/C16H29N3O2/c1-11(2)8-14(9-17)18-15(20)13-4-3-7-19(10-13)16(21)12-5-6-12/h11-14H,3-10,17H2,1-2H3,(H,18,20). The van der Waals surface area contributed by atoms with Crippen LogP contribution in [0, 0.1) is 17.8 Å². The summed E-state index contributed by atoms with van der Waals surface area (Å²) < 4.78 is 0. The maximum atomic E-state index is 12.4. The molecule has 1 aliphatic carbocycles. The zero-order valence-corrected chi connectivity index (χ0v) is 13.3. The molecular formula is C16H29N3O2. The molecule has 1 saturated heterocycles. The molecule has 21 heavy (non-hydrogen) atoms. The summed E-state index contributed by atoms with van der Waals surface area (Å²) in [6, 6.07) is 0.0482. The molecule has 1 heterocycles. The Morgan fingerprint density at radius 1 is 1.24 bits per heavy atom. The van der Waals surface area contributed by atoms with Crippen LogP contribution in [0.25, 0.3) is 0 Å². The lowest BCUT2D eigenvalue weighted by Gasteiger charge is -2.33. The predicted octanol–water partition coefficient (Wildman–Crippen LogP) is 1.12. The summed E-state index contributed by atoms with van der Waals surface area (Å²) in [4.78, 5) is 26.4. The second-order valence-electron chi connectivity index (χ2n) is 6.97. The molecule has 0 radical (unpaired) electrons. The van der Waals surface area contributed by atoms with Crippen molar-refractivity contribution < 1.29 is 9.59 Å². The molecule has 3 N–H and O–H groups in total. The van der Waals surface area contributed by atoms with E-state index in [-0.39, 0.29) is 29.7 Å². The fraction of sp³-hybridized carbons (Fsp3) is 0.875. The van der Waals surface area contributed by atoms with Crippen molar-refractivity contribution in [2.75, 3.05) is 19.6 Å². The second kappa shape index (κ2) is 7.25. The van der Waals surface area contributed by atoms with Crippen molar-refractivity contribution in [3.05, 3.63) is 0 Å². The van der Waals surface area contributed by atoms with E-state index in [2.05, 4.69) is 19.2 Å². The molecule has 2 atom stereocenters. The minimum atomic E-state index is -0.0670. The van der Waals surface area contributed by atoms with Gasteiger partial charge >= 0.3 is 0 Å². The lowest BCUT2D eigenvalue weighted by atomic mass is 9.95. The van der Waals surface area contributed by atoms with Crippen LogP contribution in [0.5, 0.6) is 0 Å². The van der Waals surface area contributed by atoms with Gasteiger partial charge in [-0.1, -0.05) is 13.8 Å². The molecule has 1 aliphatic heterocycles. The van der Waals surface area contributed by atoms with Gasteiger partial charge in [-0.3, -0.25) is 9.59 Å². The minimum Gasteiger partial charge on any atom is -0.352 e. The maximum Gasteiger partial charge on any atom is 0.225 e. The zero-order valence-electron chi connectivity index (χ0n) is 13.3. The molecule has 0 aromatic heterocycles. The number of nitrogens with one attached hydrogen (secondary N) is 1. The summed E-state index contributed by atoms with van der Waals surface area (Å²) in [7, 11) is 0. The molecular weight excluding hydrogens is 266 g/mol. The van der Waals surface area contributed by atoms with Crippen LogP contribution in [0.15, 0.2) is 0 Å². The molecule has 1 saturated carbocycles. The summed E-state index contributed by atoms with van der Waals surface area (Å²) in [5, 5.41) is 3.07. The molecule has 5 nitrogen and oxygen atoms in total. The SMILES string of the molecule is CC(C)CC(CN)NC(=O)C1CCCN(C(=O)C2CC2)C1. The van der Waals surface area contributed by atoms with Gasteiger partial charge in [0.05, 0.1) is 5.92 Å². The summed E-state index contributed by atoms with van der Waals surface area (Å²) in [5.41, 5.74) is 5.74. The summed E-state index contributed by atoms with van der Waals surface area (Å²) in [6.45, 7) is 6.13. The first-order chi connectivity index (χ1) is 10.0. The summed E-state index contributed by atoms with van der Waals surface area (Å²) >= 11 is 0. The first-order valence-corrected chi connectivity index (χ1v) is 8.30. The van der Waals surface area contributed by atoms with E-state index in [1.807, 2.05) is 4.90 Å². The lowest BCUT2D eigenvalue weighted by molar-refractivity contribution is -0.137. The Morgan fingerprint density at radius 3 is 2.52 bits per heavy atom. The first-order valence-electron chi connectivity index (χ1n) is 8.30. The zero-order chi connectivity index (χ0) is 15.4. The molecule has 2 fully saturated rings. The number of carbonyl (C=O) groups excluding carboxylic acids is 2. The number of rotatable bonds is 6. The van der Waals surface area contributed by atoms with Crippen molar-refractivity contribution >= 4 is 11.8 Å². The van der Waals surface area contributed by atoms with Gasteiger partial charge in [0.15, 0.2) is 0 Å². The molecule has 120 valence electrons. The monoisotopic (exact) mass is 295 g/mol. The number of nitrogens with two attached hydrogens (primary N) is 1. The van der Waals surface area contributed by atoms with Crippen molar-refractivity contribution in [1.82, 2.24) is 10.2 Å². The average molecular weight is 295 g/mol. The van der Waals surface area contributed by atoms with E-state index in [0.29, 0.717) is 19.0 Å². The molecule has 0 aromatic carbocycles. The van der Waals surface area contributed by atoms with Crippen LogP contribution in [-0.2, 0) is 9.59 Å². The topological polar surface area (TPSA) is 75.4 Å². The molecule has 0 bridgehead atoms. The molecule has 5 heteroatoms. The van der Waals surface area contributed by atoms with E-state index in [1.165, 1.54) is 0 Å². The molecule has 0 spiro atoms. The number of nitrogens with zero attached hydrogens (tertiary/aromatic N) is 1. The Morgan fingerprint density at radius 2 is 1.95 bits per heavy atom. The molecule has 2 unspecified atom stereocenters. The highest BCUT2D eigenvalue weighted by atomic mass is 16.2.